The Bertz CT molecular complexity index is 760. The lowest BCUT2D eigenvalue weighted by molar-refractivity contribution is -0.142. The molecule has 0 N–H and O–H groups in total. The van der Waals surface area contributed by atoms with Crippen LogP contribution in [0.25, 0.3) is 5.57 Å². The molecule has 1 aliphatic heterocycles. The van der Waals surface area contributed by atoms with Gasteiger partial charge >= 0.3 is 11.9 Å². The van der Waals surface area contributed by atoms with Crippen LogP contribution < -0.4 is 4.90 Å². The first kappa shape index (κ1) is 17.2. The smallest absolute Gasteiger partial charge is 0.349 e. The van der Waals surface area contributed by atoms with E-state index in [9.17, 15) is 19.6 Å². The maximum absolute atomic E-state index is 12.7. The van der Waals surface area contributed by atoms with Crippen LogP contribution in [0, 0.1) is 11.3 Å². The number of benzene rings is 1. The molecular formula is C17H16N2O5. The summed E-state index contributed by atoms with van der Waals surface area (Å²) in [6, 6.07) is 8.37. The highest BCUT2D eigenvalue weighted by Crippen LogP contribution is 2.38. The maximum atomic E-state index is 12.7. The highest BCUT2D eigenvalue weighted by Gasteiger charge is 2.37. The Morgan fingerprint density at radius 2 is 1.83 bits per heavy atom. The number of hydrogen-bond donors (Lipinski definition) is 0. The van der Waals surface area contributed by atoms with E-state index >= 15 is 0 Å². The second-order valence-corrected chi connectivity index (χ2v) is 4.80. The molecule has 0 radical (unpaired) electrons. The monoisotopic (exact) mass is 328 g/mol. The number of carbonyl (C=O) groups is 3. The van der Waals surface area contributed by atoms with Gasteiger partial charge in [0.25, 0.3) is 5.91 Å². The van der Waals surface area contributed by atoms with Crippen LogP contribution >= 0.6 is 0 Å². The molecule has 1 aromatic rings. The SMILES string of the molecule is CCOC(=O)CN1C(=O)/C(=C(\C#N)C(=O)OCC)c2ccccc21. The minimum Gasteiger partial charge on any atom is -0.465 e. The maximum Gasteiger partial charge on any atom is 0.349 e. The quantitative estimate of drug-likeness (QED) is 0.461. The van der Waals surface area contributed by atoms with Crippen molar-refractivity contribution in [2.24, 2.45) is 0 Å². The number of anilines is 1. The summed E-state index contributed by atoms with van der Waals surface area (Å²) in [6.07, 6.45) is 0. The van der Waals surface area contributed by atoms with Gasteiger partial charge in [0, 0.05) is 5.56 Å². The Labute approximate surface area is 139 Å². The number of nitrogens with zero attached hydrogens (tertiary/aromatic N) is 2. The molecule has 0 atom stereocenters. The summed E-state index contributed by atoms with van der Waals surface area (Å²) >= 11 is 0. The molecule has 24 heavy (non-hydrogen) atoms. The summed E-state index contributed by atoms with van der Waals surface area (Å²) in [6.45, 7) is 3.25. The molecule has 0 aromatic heterocycles. The van der Waals surface area contributed by atoms with Crippen molar-refractivity contribution in [3.05, 3.63) is 35.4 Å². The summed E-state index contributed by atoms with van der Waals surface area (Å²) in [7, 11) is 0. The van der Waals surface area contributed by atoms with E-state index in [0.717, 1.165) is 0 Å². The number of para-hydroxylation sites is 1. The summed E-state index contributed by atoms with van der Waals surface area (Å²) in [5.74, 6) is -2.04. The van der Waals surface area contributed by atoms with Crippen LogP contribution in [-0.2, 0) is 23.9 Å². The fourth-order valence-corrected chi connectivity index (χ4v) is 2.42. The molecule has 0 fully saturated rings. The predicted octanol–water partition coefficient (Wildman–Crippen LogP) is 1.44. The summed E-state index contributed by atoms with van der Waals surface area (Å²) in [5, 5.41) is 9.31. The molecule has 1 heterocycles. The van der Waals surface area contributed by atoms with Crippen LogP contribution in [0.2, 0.25) is 0 Å². The predicted molar refractivity (Wildman–Crippen MR) is 84.6 cm³/mol. The number of rotatable bonds is 5. The van der Waals surface area contributed by atoms with Crippen molar-refractivity contribution < 1.29 is 23.9 Å². The molecule has 124 valence electrons. The third-order valence-electron chi connectivity index (χ3n) is 3.36. The standard InChI is InChI=1S/C17H16N2O5/c1-3-23-14(20)10-19-13-8-6-5-7-11(13)15(16(19)21)12(9-18)17(22)24-4-2/h5-8H,3-4,10H2,1-2H3/b15-12+. The first-order chi connectivity index (χ1) is 11.5. The lowest BCUT2D eigenvalue weighted by Gasteiger charge is -2.15. The molecule has 7 heteroatoms. The molecule has 0 aliphatic carbocycles. The molecular weight excluding hydrogens is 312 g/mol. The molecule has 0 saturated heterocycles. The third-order valence-corrected chi connectivity index (χ3v) is 3.36. The van der Waals surface area contributed by atoms with Crippen molar-refractivity contribution in [2.75, 3.05) is 24.7 Å². The molecule has 0 bridgehead atoms. The van der Waals surface area contributed by atoms with Gasteiger partial charge in [-0.05, 0) is 19.9 Å². The number of fused-ring (bicyclic) bond motifs is 1. The fraction of sp³-hybridized carbons (Fsp3) is 0.294. The van der Waals surface area contributed by atoms with Crippen molar-refractivity contribution in [3.63, 3.8) is 0 Å². The number of carbonyl (C=O) groups excluding carboxylic acids is 3. The second kappa shape index (κ2) is 7.42. The van der Waals surface area contributed by atoms with Crippen molar-refractivity contribution in [1.29, 1.82) is 5.26 Å². The van der Waals surface area contributed by atoms with E-state index in [4.69, 9.17) is 9.47 Å². The van der Waals surface area contributed by atoms with Gasteiger partial charge < -0.3 is 9.47 Å². The zero-order valence-electron chi connectivity index (χ0n) is 13.4. The summed E-state index contributed by atoms with van der Waals surface area (Å²) in [5.41, 5.74) is 0.426. The number of ether oxygens (including phenoxy) is 2. The second-order valence-electron chi connectivity index (χ2n) is 4.80. The largest absolute Gasteiger partial charge is 0.465 e. The van der Waals surface area contributed by atoms with Crippen molar-refractivity contribution in [3.8, 4) is 6.07 Å². The first-order valence-electron chi connectivity index (χ1n) is 7.43. The summed E-state index contributed by atoms with van der Waals surface area (Å²) < 4.78 is 9.71. The van der Waals surface area contributed by atoms with Gasteiger partial charge in [-0.15, -0.1) is 0 Å². The van der Waals surface area contributed by atoms with Gasteiger partial charge in [0.05, 0.1) is 24.5 Å². The zero-order valence-corrected chi connectivity index (χ0v) is 13.4. The minimum absolute atomic E-state index is 0.0594. The van der Waals surface area contributed by atoms with Crippen LogP contribution in [0.4, 0.5) is 5.69 Å². The Morgan fingerprint density at radius 3 is 2.46 bits per heavy atom. The van der Waals surface area contributed by atoms with Crippen molar-refractivity contribution in [1.82, 2.24) is 0 Å². The Morgan fingerprint density at radius 1 is 1.17 bits per heavy atom. The number of esters is 2. The van der Waals surface area contributed by atoms with Gasteiger partial charge in [0.2, 0.25) is 0 Å². The fourth-order valence-electron chi connectivity index (χ4n) is 2.42. The van der Waals surface area contributed by atoms with Gasteiger partial charge in [0.15, 0.2) is 5.57 Å². The molecule has 7 nitrogen and oxygen atoms in total. The highest BCUT2D eigenvalue weighted by molar-refractivity contribution is 6.37. The van der Waals surface area contributed by atoms with E-state index in [0.29, 0.717) is 11.3 Å². The molecule has 0 unspecified atom stereocenters. The van der Waals surface area contributed by atoms with E-state index < -0.39 is 17.8 Å². The van der Waals surface area contributed by atoms with Crippen LogP contribution in [0.1, 0.15) is 19.4 Å². The van der Waals surface area contributed by atoms with Gasteiger partial charge in [0.1, 0.15) is 12.6 Å². The molecule has 1 amide bonds. The van der Waals surface area contributed by atoms with E-state index in [1.807, 2.05) is 0 Å². The Balaban J connectivity index is 2.52. The Hall–Kier alpha value is -3.14. The lowest BCUT2D eigenvalue weighted by atomic mass is 10.0. The van der Waals surface area contributed by atoms with Gasteiger partial charge in [-0.1, -0.05) is 18.2 Å². The Kier molecular flexibility index (Phi) is 5.32. The highest BCUT2D eigenvalue weighted by atomic mass is 16.5. The van der Waals surface area contributed by atoms with Crippen LogP contribution in [-0.4, -0.2) is 37.6 Å². The summed E-state index contributed by atoms with van der Waals surface area (Å²) in [4.78, 5) is 37.6. The molecule has 1 aliphatic rings. The van der Waals surface area contributed by atoms with Crippen LogP contribution in [0.15, 0.2) is 29.8 Å². The van der Waals surface area contributed by atoms with E-state index in [1.165, 1.54) is 4.90 Å². The van der Waals surface area contributed by atoms with Crippen LogP contribution in [0.3, 0.4) is 0 Å². The van der Waals surface area contributed by atoms with E-state index in [1.54, 1.807) is 44.2 Å². The number of amides is 1. The third kappa shape index (κ3) is 3.13. The van der Waals surface area contributed by atoms with Crippen molar-refractivity contribution in [2.45, 2.75) is 13.8 Å². The molecule has 2 rings (SSSR count). The van der Waals surface area contributed by atoms with Crippen LogP contribution in [0.5, 0.6) is 0 Å². The number of hydrogen-bond acceptors (Lipinski definition) is 6. The minimum atomic E-state index is -0.865. The van der Waals surface area contributed by atoms with Gasteiger partial charge in [-0.2, -0.15) is 5.26 Å². The molecule has 1 aromatic carbocycles. The number of nitriles is 1. The van der Waals surface area contributed by atoms with E-state index in [-0.39, 0.29) is 30.9 Å². The zero-order chi connectivity index (χ0) is 17.7. The molecule has 0 spiro atoms. The normalized spacial score (nSPS) is 14.7. The molecule has 0 saturated carbocycles. The van der Waals surface area contributed by atoms with Crippen molar-refractivity contribution >= 4 is 29.1 Å². The van der Waals surface area contributed by atoms with E-state index in [2.05, 4.69) is 0 Å². The topological polar surface area (TPSA) is 96.7 Å². The first-order valence-corrected chi connectivity index (χ1v) is 7.43. The van der Waals surface area contributed by atoms with Gasteiger partial charge in [-0.3, -0.25) is 14.5 Å². The lowest BCUT2D eigenvalue weighted by Crippen LogP contribution is -2.33. The average molecular weight is 328 g/mol. The average Bonchev–Trinajstić information content (AvgIpc) is 2.82. The van der Waals surface area contributed by atoms with Gasteiger partial charge in [-0.25, -0.2) is 4.79 Å².